The molecular formula is C23H23ClN2O3S. The Balaban J connectivity index is 1.77. The lowest BCUT2D eigenvalue weighted by Gasteiger charge is -2.19. The molecule has 0 fully saturated rings. The van der Waals surface area contributed by atoms with E-state index in [9.17, 15) is 13.2 Å². The normalized spacial score (nSPS) is 12.3. The smallest absolute Gasteiger partial charge is 0.241 e. The molecule has 0 radical (unpaired) electrons. The van der Waals surface area contributed by atoms with Crippen LogP contribution in [-0.4, -0.2) is 20.4 Å². The molecule has 0 aliphatic carbocycles. The molecule has 30 heavy (non-hydrogen) atoms. The first-order valence-electron chi connectivity index (χ1n) is 9.48. The van der Waals surface area contributed by atoms with E-state index in [4.69, 9.17) is 11.6 Å². The van der Waals surface area contributed by atoms with Gasteiger partial charge in [0.05, 0.1) is 4.90 Å². The van der Waals surface area contributed by atoms with Gasteiger partial charge in [0.25, 0.3) is 0 Å². The van der Waals surface area contributed by atoms with Crippen LogP contribution in [0.25, 0.3) is 0 Å². The Morgan fingerprint density at radius 3 is 2.17 bits per heavy atom. The van der Waals surface area contributed by atoms with Gasteiger partial charge in [0, 0.05) is 11.6 Å². The van der Waals surface area contributed by atoms with Gasteiger partial charge in [0.15, 0.2) is 0 Å². The lowest BCUT2D eigenvalue weighted by atomic mass is 10.1. The van der Waals surface area contributed by atoms with Gasteiger partial charge in [0.1, 0.15) is 6.04 Å². The molecule has 0 aromatic heterocycles. The van der Waals surface area contributed by atoms with E-state index in [0.29, 0.717) is 5.02 Å². The Morgan fingerprint density at radius 1 is 0.900 bits per heavy atom. The van der Waals surface area contributed by atoms with Crippen LogP contribution in [0.15, 0.2) is 83.8 Å². The van der Waals surface area contributed by atoms with Crippen molar-refractivity contribution in [1.82, 2.24) is 10.0 Å². The minimum Gasteiger partial charge on any atom is -0.351 e. The fourth-order valence-corrected chi connectivity index (χ4v) is 4.25. The van der Waals surface area contributed by atoms with Gasteiger partial charge < -0.3 is 5.32 Å². The summed E-state index contributed by atoms with van der Waals surface area (Å²) in [5.74, 6) is -0.399. The number of hydrogen-bond donors (Lipinski definition) is 2. The first-order valence-corrected chi connectivity index (χ1v) is 11.3. The molecule has 0 unspecified atom stereocenters. The van der Waals surface area contributed by atoms with E-state index in [0.717, 1.165) is 16.7 Å². The maximum Gasteiger partial charge on any atom is 0.241 e. The molecule has 7 heteroatoms. The van der Waals surface area contributed by atoms with E-state index < -0.39 is 22.0 Å². The predicted octanol–water partition coefficient (Wildman–Crippen LogP) is 3.85. The maximum absolute atomic E-state index is 12.9. The lowest BCUT2D eigenvalue weighted by Crippen LogP contribution is -2.47. The molecular weight excluding hydrogens is 420 g/mol. The summed E-state index contributed by atoms with van der Waals surface area (Å²) < 4.78 is 28.3. The van der Waals surface area contributed by atoms with Crippen molar-refractivity contribution in [2.24, 2.45) is 0 Å². The minimum atomic E-state index is -3.86. The zero-order valence-electron chi connectivity index (χ0n) is 16.5. The summed E-state index contributed by atoms with van der Waals surface area (Å²) in [5.41, 5.74) is 2.68. The number of aryl methyl sites for hydroxylation is 1. The van der Waals surface area contributed by atoms with E-state index >= 15 is 0 Å². The van der Waals surface area contributed by atoms with Crippen LogP contribution in [0.4, 0.5) is 0 Å². The van der Waals surface area contributed by atoms with Crippen molar-refractivity contribution in [2.75, 3.05) is 0 Å². The quantitative estimate of drug-likeness (QED) is 0.556. The molecule has 3 rings (SSSR count). The Bertz CT molecular complexity index is 1080. The zero-order valence-corrected chi connectivity index (χ0v) is 18.1. The molecule has 0 bridgehead atoms. The van der Waals surface area contributed by atoms with Crippen LogP contribution in [0.2, 0.25) is 5.02 Å². The number of benzene rings is 3. The number of rotatable bonds is 8. The SMILES string of the molecule is Cc1ccc(S(=O)(=O)N[C@H](Cc2ccccc2)C(=O)NCc2ccc(Cl)cc2)cc1. The Morgan fingerprint density at radius 2 is 1.53 bits per heavy atom. The predicted molar refractivity (Wildman–Crippen MR) is 119 cm³/mol. The van der Waals surface area contributed by atoms with Gasteiger partial charge in [-0.3, -0.25) is 4.79 Å². The van der Waals surface area contributed by atoms with Gasteiger partial charge in [-0.15, -0.1) is 0 Å². The highest BCUT2D eigenvalue weighted by molar-refractivity contribution is 7.89. The van der Waals surface area contributed by atoms with Crippen molar-refractivity contribution < 1.29 is 13.2 Å². The van der Waals surface area contributed by atoms with E-state index in [1.807, 2.05) is 49.4 Å². The van der Waals surface area contributed by atoms with Gasteiger partial charge in [-0.1, -0.05) is 71.8 Å². The highest BCUT2D eigenvalue weighted by atomic mass is 35.5. The summed E-state index contributed by atoms with van der Waals surface area (Å²) in [6.45, 7) is 2.15. The number of carbonyl (C=O) groups excluding carboxylic acids is 1. The third-order valence-corrected chi connectivity index (χ3v) is 6.35. The van der Waals surface area contributed by atoms with Crippen LogP contribution in [0.5, 0.6) is 0 Å². The Labute approximate surface area is 182 Å². The fraction of sp³-hybridized carbons (Fsp3) is 0.174. The molecule has 0 saturated carbocycles. The molecule has 5 nitrogen and oxygen atoms in total. The lowest BCUT2D eigenvalue weighted by molar-refractivity contribution is -0.122. The molecule has 0 aliphatic rings. The fourth-order valence-electron chi connectivity index (χ4n) is 2.93. The average molecular weight is 443 g/mol. The molecule has 0 aliphatic heterocycles. The van der Waals surface area contributed by atoms with Crippen LogP contribution in [0, 0.1) is 6.92 Å². The monoisotopic (exact) mass is 442 g/mol. The number of sulfonamides is 1. The van der Waals surface area contributed by atoms with Gasteiger partial charge in [-0.05, 0) is 48.7 Å². The van der Waals surface area contributed by atoms with Crippen molar-refractivity contribution >= 4 is 27.5 Å². The van der Waals surface area contributed by atoms with Crippen LogP contribution in [0.1, 0.15) is 16.7 Å². The number of nitrogens with one attached hydrogen (secondary N) is 2. The van der Waals surface area contributed by atoms with E-state index in [-0.39, 0.29) is 17.9 Å². The molecule has 3 aromatic carbocycles. The van der Waals surface area contributed by atoms with Gasteiger partial charge in [0.2, 0.25) is 15.9 Å². The third kappa shape index (κ3) is 6.16. The molecule has 156 valence electrons. The standard InChI is InChI=1S/C23H23ClN2O3S/c1-17-7-13-21(14-8-17)30(28,29)26-22(15-18-5-3-2-4-6-18)23(27)25-16-19-9-11-20(24)12-10-19/h2-14,22,26H,15-16H2,1H3,(H,25,27)/t22-/m1/s1. The van der Waals surface area contributed by atoms with Gasteiger partial charge in [-0.25, -0.2) is 8.42 Å². The first kappa shape index (κ1) is 22.0. The number of amides is 1. The summed E-state index contributed by atoms with van der Waals surface area (Å²) in [6.07, 6.45) is 0.235. The molecule has 1 amide bonds. The second-order valence-corrected chi connectivity index (χ2v) is 9.17. The zero-order chi connectivity index (χ0) is 21.6. The average Bonchev–Trinajstić information content (AvgIpc) is 2.73. The highest BCUT2D eigenvalue weighted by Crippen LogP contribution is 2.13. The molecule has 0 saturated heterocycles. The van der Waals surface area contributed by atoms with Crippen molar-refractivity contribution in [3.8, 4) is 0 Å². The molecule has 2 N–H and O–H groups in total. The van der Waals surface area contributed by atoms with Gasteiger partial charge in [-0.2, -0.15) is 4.72 Å². The second kappa shape index (κ2) is 9.89. The summed E-state index contributed by atoms with van der Waals surface area (Å²) >= 11 is 5.89. The van der Waals surface area contributed by atoms with Crippen LogP contribution in [-0.2, 0) is 27.8 Å². The minimum absolute atomic E-state index is 0.122. The topological polar surface area (TPSA) is 75.3 Å². The molecule has 0 heterocycles. The van der Waals surface area contributed by atoms with Gasteiger partial charge >= 0.3 is 0 Å². The van der Waals surface area contributed by atoms with Crippen molar-refractivity contribution in [3.63, 3.8) is 0 Å². The summed E-state index contributed by atoms with van der Waals surface area (Å²) in [5, 5.41) is 3.42. The summed E-state index contributed by atoms with van der Waals surface area (Å²) in [7, 11) is -3.86. The van der Waals surface area contributed by atoms with Crippen molar-refractivity contribution in [3.05, 3.63) is 101 Å². The van der Waals surface area contributed by atoms with E-state index in [1.54, 1.807) is 24.3 Å². The Kier molecular flexibility index (Phi) is 7.26. The number of carbonyl (C=O) groups is 1. The van der Waals surface area contributed by atoms with Crippen LogP contribution in [0.3, 0.4) is 0 Å². The number of hydrogen-bond acceptors (Lipinski definition) is 3. The first-order chi connectivity index (χ1) is 14.3. The third-order valence-electron chi connectivity index (χ3n) is 4.61. The van der Waals surface area contributed by atoms with Crippen molar-refractivity contribution in [2.45, 2.75) is 30.8 Å². The molecule has 0 spiro atoms. The molecule has 3 aromatic rings. The molecule has 1 atom stereocenters. The summed E-state index contributed by atoms with van der Waals surface area (Å²) in [4.78, 5) is 13.0. The summed E-state index contributed by atoms with van der Waals surface area (Å²) in [6, 6.07) is 22.0. The van der Waals surface area contributed by atoms with Crippen LogP contribution >= 0.6 is 11.6 Å². The number of halogens is 1. The largest absolute Gasteiger partial charge is 0.351 e. The second-order valence-electron chi connectivity index (χ2n) is 7.02. The van der Waals surface area contributed by atoms with Crippen molar-refractivity contribution in [1.29, 1.82) is 0 Å². The van der Waals surface area contributed by atoms with Crippen LogP contribution < -0.4 is 10.0 Å². The van der Waals surface area contributed by atoms with E-state index in [1.165, 1.54) is 12.1 Å². The Hall–Kier alpha value is -2.67. The highest BCUT2D eigenvalue weighted by Gasteiger charge is 2.26. The maximum atomic E-state index is 12.9. The van der Waals surface area contributed by atoms with E-state index in [2.05, 4.69) is 10.0 Å².